The Hall–Kier alpha value is -8.05. The third-order valence-electron chi connectivity index (χ3n) is 19.4. The number of aryl methyl sites for hydroxylation is 1. The summed E-state index contributed by atoms with van der Waals surface area (Å²) < 4.78 is 44.8. The predicted octanol–water partition coefficient (Wildman–Crippen LogP) is 11.9. The molecule has 2 aliphatic carbocycles. The Kier molecular flexibility index (Phi) is 31.8. The van der Waals surface area contributed by atoms with Crippen LogP contribution in [0.15, 0.2) is 162 Å². The van der Waals surface area contributed by atoms with Gasteiger partial charge in [0.2, 0.25) is 29.5 Å². The van der Waals surface area contributed by atoms with Crippen molar-refractivity contribution in [3.8, 4) is 11.4 Å². The second kappa shape index (κ2) is 40.7. The van der Waals surface area contributed by atoms with Gasteiger partial charge in [-0.15, -0.1) is 20.4 Å². The summed E-state index contributed by atoms with van der Waals surface area (Å²) in [6.07, 6.45) is 28.9. The van der Waals surface area contributed by atoms with Crippen molar-refractivity contribution in [2.45, 2.75) is 192 Å². The number of para-hydroxylation sites is 2. The van der Waals surface area contributed by atoms with Crippen LogP contribution in [0.5, 0.6) is 0 Å². The van der Waals surface area contributed by atoms with Crippen molar-refractivity contribution in [1.82, 2.24) is 41.7 Å². The number of unbranched alkanes of at least 4 members (excludes halogenated alkanes) is 2. The molecule has 1 aromatic heterocycles. The van der Waals surface area contributed by atoms with Crippen LogP contribution in [0, 0.1) is 6.92 Å². The number of anilines is 1. The Labute approximate surface area is 608 Å². The van der Waals surface area contributed by atoms with Crippen LogP contribution in [0.3, 0.4) is 0 Å². The number of halogens is 1. The molecule has 9 rings (SSSR count). The van der Waals surface area contributed by atoms with Gasteiger partial charge in [0, 0.05) is 115 Å². The Balaban J connectivity index is 0.000000285. The number of fused-ring (bicyclic) bond motifs is 2. The third kappa shape index (κ3) is 25.1. The van der Waals surface area contributed by atoms with Crippen LogP contribution in [0.2, 0.25) is 0 Å². The lowest BCUT2D eigenvalue weighted by atomic mass is 9.80. The second-order valence-corrected chi connectivity index (χ2v) is 29.8. The van der Waals surface area contributed by atoms with Gasteiger partial charge < -0.3 is 40.2 Å². The van der Waals surface area contributed by atoms with Crippen molar-refractivity contribution in [1.29, 1.82) is 0 Å². The number of nitrogens with one attached hydrogen (secondary N) is 5. The van der Waals surface area contributed by atoms with Crippen molar-refractivity contribution in [2.24, 2.45) is 0 Å². The zero-order chi connectivity index (χ0) is 72.7. The smallest absolute Gasteiger partial charge is 0.220 e. The van der Waals surface area contributed by atoms with E-state index in [0.717, 1.165) is 109 Å². The maximum absolute atomic E-state index is 12.8. The Bertz CT molecular complexity index is 3840. The van der Waals surface area contributed by atoms with Crippen LogP contribution >= 0.6 is 11.6 Å². The fourth-order valence-corrected chi connectivity index (χ4v) is 14.6. The summed E-state index contributed by atoms with van der Waals surface area (Å²) in [5.41, 5.74) is 11.6. The minimum Gasteiger partial charge on any atom is -0.748 e. The zero-order valence-corrected chi connectivity index (χ0v) is 61.8. The molecule has 0 saturated carbocycles. The molecule has 5 N–H and O–H groups in total. The number of benzene rings is 4. The lowest BCUT2D eigenvalue weighted by Gasteiger charge is -2.28. The van der Waals surface area contributed by atoms with Gasteiger partial charge in [-0.25, -0.2) is 8.42 Å². The number of hydrogen-bond acceptors (Lipinski definition) is 15. The molecule has 4 aromatic carbocycles. The number of amides is 4. The number of aromatic nitrogens is 4. The van der Waals surface area contributed by atoms with Gasteiger partial charge in [-0.2, -0.15) is 0 Å². The molecule has 4 aliphatic rings. The highest BCUT2D eigenvalue weighted by Gasteiger charge is 2.47. The standard InChI is InChI=1S/C51H69ClN4O5S.C29H36N6O5/c1-50(2)41-24-10-12-26-43(41)55(35-16-17-37-62(59,60)61)45(50)32-30-38-20-18-21-39(49(38)52)31-33-46-51(3,4)42-25-11-13-27-44(42)56(46)36-19-34-53-47(57)28-14-15-29-48(58)54-40-22-8-6-5-7-9-23-40;1-22-7-11-24(12-8-22)26(36)4-3-16-39-18-19-40-17-15-30-27(37)5-2-6-28(38)31-20-23-9-13-25(14-10-23)29-34-32-21-33-35-29/h5-6,10-13,24-27,30-33,40,45H,7-9,14-23,28-29,34-37H2,1-4H3,(H,53,57)(H,54,58)(H,59,60,61);7-14,21H,2-6,15-20H2,1H3,(H,30,37)(H,31,38)/b6-5+,32-30+,39-31+,46-33+;. The zero-order valence-electron chi connectivity index (χ0n) is 60.3. The number of quaternary nitrogens is 1. The van der Waals surface area contributed by atoms with Crippen LogP contribution in [0.25, 0.3) is 11.4 Å². The number of carbonyl (C=O) groups excluding carboxylic acids is 5. The first-order valence-corrected chi connectivity index (χ1v) is 38.5. The third-order valence-corrected chi connectivity index (χ3v) is 20.7. The summed E-state index contributed by atoms with van der Waals surface area (Å²) in [6.45, 7) is 15.7. The molecule has 20 nitrogen and oxygen atoms in total. The molecule has 0 radical (unpaired) electrons. The van der Waals surface area contributed by atoms with Gasteiger partial charge in [-0.05, 0) is 164 Å². The summed E-state index contributed by atoms with van der Waals surface area (Å²) in [5, 5.41) is 28.0. The molecular formula is C80H105ClN10O10S. The predicted molar refractivity (Wildman–Crippen MR) is 400 cm³/mol. The van der Waals surface area contributed by atoms with Gasteiger partial charge in [0.1, 0.15) is 11.7 Å². The van der Waals surface area contributed by atoms with Crippen LogP contribution in [0.1, 0.15) is 189 Å². The first-order chi connectivity index (χ1) is 49.2. The Morgan fingerprint density at radius 3 is 2.09 bits per heavy atom. The topological polar surface area (TPSA) is 268 Å². The average Bonchev–Trinajstić information content (AvgIpc) is 1.60. The minimum atomic E-state index is -4.23. The molecule has 102 heavy (non-hydrogen) atoms. The van der Waals surface area contributed by atoms with E-state index in [4.69, 9.17) is 21.1 Å². The van der Waals surface area contributed by atoms with Crippen LogP contribution < -0.4 is 31.1 Å². The molecule has 22 heteroatoms. The molecule has 548 valence electrons. The van der Waals surface area contributed by atoms with Crippen molar-refractivity contribution in [2.75, 3.05) is 63.3 Å². The molecule has 0 fully saturated rings. The minimum absolute atomic E-state index is 0.0343. The Morgan fingerprint density at radius 1 is 0.676 bits per heavy atom. The van der Waals surface area contributed by atoms with Gasteiger partial charge in [0.05, 0.1) is 41.9 Å². The van der Waals surface area contributed by atoms with E-state index < -0.39 is 10.1 Å². The molecular weight excluding hydrogens is 1330 g/mol. The highest BCUT2D eigenvalue weighted by Crippen LogP contribution is 2.48. The Morgan fingerprint density at radius 2 is 1.34 bits per heavy atom. The monoisotopic (exact) mass is 1430 g/mol. The maximum Gasteiger partial charge on any atom is 0.220 e. The molecule has 3 atom stereocenters. The van der Waals surface area contributed by atoms with Crippen molar-refractivity contribution in [3.63, 3.8) is 0 Å². The molecule has 0 saturated heterocycles. The molecule has 2 aliphatic heterocycles. The van der Waals surface area contributed by atoms with E-state index in [1.165, 1.54) is 39.4 Å². The average molecular weight is 1430 g/mol. The number of ketones is 1. The molecule has 4 amide bonds. The van der Waals surface area contributed by atoms with E-state index in [1.807, 2.05) is 55.5 Å². The van der Waals surface area contributed by atoms with E-state index >= 15 is 0 Å². The van der Waals surface area contributed by atoms with E-state index in [9.17, 15) is 36.9 Å². The summed E-state index contributed by atoms with van der Waals surface area (Å²) >= 11 is 7.26. The summed E-state index contributed by atoms with van der Waals surface area (Å²) in [7, 11) is -4.23. The fourth-order valence-electron chi connectivity index (χ4n) is 13.7. The number of ether oxygens (including phenoxy) is 2. The number of hydrogen-bond donors (Lipinski definition) is 5. The van der Waals surface area contributed by atoms with Gasteiger partial charge >= 0.3 is 0 Å². The van der Waals surface area contributed by atoms with Crippen molar-refractivity contribution >= 4 is 62.5 Å². The number of carbonyl (C=O) groups is 5. The quantitative estimate of drug-likeness (QED) is 0.0108. The largest absolute Gasteiger partial charge is 0.748 e. The van der Waals surface area contributed by atoms with Crippen LogP contribution in [-0.2, 0) is 56.1 Å². The highest BCUT2D eigenvalue weighted by molar-refractivity contribution is 7.85. The van der Waals surface area contributed by atoms with Gasteiger partial charge in [0.25, 0.3) is 0 Å². The van der Waals surface area contributed by atoms with Gasteiger partial charge in [-0.3, -0.25) is 28.9 Å². The number of Topliss-reactive ketones (excluding diaryl/α,β-unsaturated/α-hetero) is 1. The summed E-state index contributed by atoms with van der Waals surface area (Å²) in [4.78, 5) is 65.2. The van der Waals surface area contributed by atoms with Gasteiger partial charge in [-0.1, -0.05) is 140 Å². The molecule has 3 heterocycles. The number of nitrogens with zero attached hydrogens (tertiary/aromatic N) is 5. The van der Waals surface area contributed by atoms with E-state index in [1.54, 1.807) is 0 Å². The lowest BCUT2D eigenvalue weighted by molar-refractivity contribution is -0.850. The van der Waals surface area contributed by atoms with Crippen LogP contribution in [-0.4, -0.2) is 133 Å². The van der Waals surface area contributed by atoms with Crippen molar-refractivity contribution < 1.29 is 51.3 Å². The number of allylic oxidation sites excluding steroid dienone is 9. The molecule has 3 unspecified atom stereocenters. The normalized spacial score (nSPS) is 18.7. The first kappa shape index (κ1) is 79.6. The SMILES string of the molecule is CC1(C)/C(=C\C=C2/CCCC(/C=C/C3[NH+](CCCCS(=O)(=O)[O-])c4ccccc4C3(C)C)=C2Cl)N(CCCNC(=O)CCCCC(=O)NC2CC/C=C/CCC2)c2ccccc21.Cc1ccc(C(=O)CCCOCCOCCNC(=O)CCCC(=O)NCc2ccc(-c3nncnn3)cc2)cc1. The molecule has 0 spiro atoms. The summed E-state index contributed by atoms with van der Waals surface area (Å²) in [6, 6.07) is 32.5. The van der Waals surface area contributed by atoms with E-state index in [2.05, 4.69) is 159 Å². The molecule has 0 bridgehead atoms. The second-order valence-electron chi connectivity index (χ2n) is 27.9. The van der Waals surface area contributed by atoms with Crippen LogP contribution in [0.4, 0.5) is 11.4 Å². The molecule has 5 aromatic rings. The van der Waals surface area contributed by atoms with E-state index in [0.29, 0.717) is 110 Å². The van der Waals surface area contributed by atoms with Gasteiger partial charge in [0.15, 0.2) is 12.1 Å². The van der Waals surface area contributed by atoms with E-state index in [-0.39, 0.29) is 70.9 Å². The fraction of sp³-hybridized carbons (Fsp3) is 0.487. The van der Waals surface area contributed by atoms with Crippen molar-refractivity contribution in [3.05, 3.63) is 190 Å². The maximum atomic E-state index is 12.8. The number of rotatable bonds is 36. The lowest BCUT2D eigenvalue weighted by Crippen LogP contribution is -3.10. The first-order valence-electron chi connectivity index (χ1n) is 36.5. The highest BCUT2D eigenvalue weighted by atomic mass is 35.5. The summed E-state index contributed by atoms with van der Waals surface area (Å²) in [5.74, 6) is 0.129.